The topological polar surface area (TPSA) is 78.9 Å². The smallest absolute Gasteiger partial charge is 0.306 e. The zero-order valence-corrected chi connectivity index (χ0v) is 42.1. The minimum Gasteiger partial charge on any atom is -0.462 e. The molecule has 0 heterocycles. The fourth-order valence-electron chi connectivity index (χ4n) is 6.53. The minimum absolute atomic E-state index is 0.106. The van der Waals surface area contributed by atoms with Crippen LogP contribution in [0.25, 0.3) is 0 Å². The number of hydrogen-bond donors (Lipinski definition) is 0. The van der Waals surface area contributed by atoms with Gasteiger partial charge in [-0.15, -0.1) is 0 Å². The molecule has 0 aliphatic carbocycles. The molecule has 6 nitrogen and oxygen atoms in total. The van der Waals surface area contributed by atoms with Crippen LogP contribution in [0.1, 0.15) is 207 Å². The van der Waals surface area contributed by atoms with E-state index in [-0.39, 0.29) is 37.5 Å². The second-order valence-corrected chi connectivity index (χ2v) is 16.7. The van der Waals surface area contributed by atoms with Crippen LogP contribution in [0.15, 0.2) is 134 Å². The summed E-state index contributed by atoms with van der Waals surface area (Å²) in [5, 5.41) is 0. The highest BCUT2D eigenvalue weighted by molar-refractivity contribution is 5.71. The Kier molecular flexibility index (Phi) is 49.6. The minimum atomic E-state index is -0.809. The Morgan fingerprint density at radius 1 is 0.318 bits per heavy atom. The molecule has 370 valence electrons. The van der Waals surface area contributed by atoms with Gasteiger partial charge in [-0.25, -0.2) is 0 Å². The largest absolute Gasteiger partial charge is 0.462 e. The van der Waals surface area contributed by atoms with Gasteiger partial charge in [0.2, 0.25) is 0 Å². The van der Waals surface area contributed by atoms with Crippen molar-refractivity contribution in [3.8, 4) is 0 Å². The van der Waals surface area contributed by atoms with E-state index in [4.69, 9.17) is 14.2 Å². The summed E-state index contributed by atoms with van der Waals surface area (Å²) in [6, 6.07) is 0. The monoisotopic (exact) mass is 911 g/mol. The molecule has 0 aromatic heterocycles. The Balaban J connectivity index is 4.29. The molecule has 0 spiro atoms. The molecule has 0 saturated carbocycles. The van der Waals surface area contributed by atoms with E-state index in [2.05, 4.69) is 154 Å². The summed E-state index contributed by atoms with van der Waals surface area (Å²) in [6.45, 7) is 6.27. The van der Waals surface area contributed by atoms with Gasteiger partial charge in [0.1, 0.15) is 13.2 Å². The van der Waals surface area contributed by atoms with Crippen molar-refractivity contribution in [3.05, 3.63) is 134 Å². The fourth-order valence-corrected chi connectivity index (χ4v) is 6.53. The summed E-state index contributed by atoms with van der Waals surface area (Å²) >= 11 is 0. The predicted octanol–water partition coefficient (Wildman–Crippen LogP) is 17.5. The highest BCUT2D eigenvalue weighted by Crippen LogP contribution is 2.12. The third-order valence-corrected chi connectivity index (χ3v) is 10.4. The molecule has 0 amide bonds. The standard InChI is InChI=1S/C60H94O6/c1-4-7-10-13-16-18-20-22-24-25-26-27-28-29-30-31-32-33-34-35-37-38-40-42-44-47-50-53-59(62)65-56-57(55-64-58(61)52-49-46-15-12-9-6-3)66-60(63)54-51-48-45-43-41-39-36-23-21-19-17-14-11-8-5-2/h7-8,10-11,16-19,22-24,26-27,29-30,32-33,35-37,41,43,57H,4-6,9,12-15,20-21,25,28,31,34,38-40,42,44-56H2,1-3H3/b10-7-,11-8-,18-16-,19-17-,24-22-,27-26-,30-29-,33-32-,36-23-,37-35-,43-41-. The van der Waals surface area contributed by atoms with Crippen LogP contribution in [0, 0.1) is 0 Å². The summed E-state index contributed by atoms with van der Waals surface area (Å²) < 4.78 is 16.6. The van der Waals surface area contributed by atoms with E-state index in [1.807, 2.05) is 0 Å². The van der Waals surface area contributed by atoms with Crippen LogP contribution in [-0.4, -0.2) is 37.2 Å². The van der Waals surface area contributed by atoms with Gasteiger partial charge in [-0.05, 0) is 116 Å². The van der Waals surface area contributed by atoms with Crippen LogP contribution in [-0.2, 0) is 28.6 Å². The lowest BCUT2D eigenvalue weighted by Gasteiger charge is -2.18. The normalized spacial score (nSPS) is 13.2. The van der Waals surface area contributed by atoms with Crippen molar-refractivity contribution in [1.82, 2.24) is 0 Å². The van der Waals surface area contributed by atoms with Gasteiger partial charge in [0.15, 0.2) is 6.10 Å². The average Bonchev–Trinajstić information content (AvgIpc) is 3.31. The Labute approximate surface area is 405 Å². The van der Waals surface area contributed by atoms with Crippen LogP contribution >= 0.6 is 0 Å². The molecular formula is C60H94O6. The highest BCUT2D eigenvalue weighted by Gasteiger charge is 2.19. The molecule has 0 radical (unpaired) electrons. The lowest BCUT2D eigenvalue weighted by molar-refractivity contribution is -0.167. The maximum absolute atomic E-state index is 12.7. The van der Waals surface area contributed by atoms with Gasteiger partial charge in [0.25, 0.3) is 0 Å². The lowest BCUT2D eigenvalue weighted by atomic mass is 10.1. The summed E-state index contributed by atoms with van der Waals surface area (Å²) in [7, 11) is 0. The van der Waals surface area contributed by atoms with E-state index in [0.29, 0.717) is 19.3 Å². The van der Waals surface area contributed by atoms with E-state index in [9.17, 15) is 14.4 Å². The molecule has 0 bridgehead atoms. The molecule has 0 aromatic rings. The molecule has 0 aliphatic heterocycles. The lowest BCUT2D eigenvalue weighted by Crippen LogP contribution is -2.30. The van der Waals surface area contributed by atoms with Gasteiger partial charge in [0.05, 0.1) is 0 Å². The molecule has 1 atom stereocenters. The van der Waals surface area contributed by atoms with Gasteiger partial charge in [-0.2, -0.15) is 0 Å². The Morgan fingerprint density at radius 3 is 0.955 bits per heavy atom. The van der Waals surface area contributed by atoms with Crippen molar-refractivity contribution in [2.45, 2.75) is 213 Å². The first-order valence-corrected chi connectivity index (χ1v) is 26.2. The number of allylic oxidation sites excluding steroid dienone is 22. The molecule has 0 N–H and O–H groups in total. The second-order valence-electron chi connectivity index (χ2n) is 16.7. The van der Waals surface area contributed by atoms with E-state index in [0.717, 1.165) is 141 Å². The van der Waals surface area contributed by atoms with Crippen molar-refractivity contribution < 1.29 is 28.6 Å². The molecular weight excluding hydrogens is 817 g/mol. The summed E-state index contributed by atoms with van der Waals surface area (Å²) in [5.41, 5.74) is 0. The van der Waals surface area contributed by atoms with Crippen molar-refractivity contribution in [2.75, 3.05) is 13.2 Å². The van der Waals surface area contributed by atoms with Crippen molar-refractivity contribution in [2.24, 2.45) is 0 Å². The van der Waals surface area contributed by atoms with E-state index in [1.165, 1.54) is 19.3 Å². The van der Waals surface area contributed by atoms with Gasteiger partial charge in [-0.1, -0.05) is 206 Å². The van der Waals surface area contributed by atoms with Gasteiger partial charge < -0.3 is 14.2 Å². The maximum Gasteiger partial charge on any atom is 0.306 e. The van der Waals surface area contributed by atoms with E-state index in [1.54, 1.807) is 0 Å². The zero-order valence-electron chi connectivity index (χ0n) is 42.1. The number of esters is 3. The zero-order chi connectivity index (χ0) is 47.9. The quantitative estimate of drug-likeness (QED) is 0.0262. The molecule has 0 rings (SSSR count). The number of unbranched alkanes of at least 4 members (excludes halogenated alkanes) is 12. The first-order valence-electron chi connectivity index (χ1n) is 26.2. The summed E-state index contributed by atoms with van der Waals surface area (Å²) in [4.78, 5) is 37.7. The average molecular weight is 911 g/mol. The number of carbonyl (C=O) groups excluding carboxylic acids is 3. The molecule has 6 heteroatoms. The first kappa shape index (κ1) is 61.5. The number of rotatable bonds is 45. The molecule has 1 unspecified atom stereocenters. The van der Waals surface area contributed by atoms with Gasteiger partial charge >= 0.3 is 17.9 Å². The Morgan fingerprint density at radius 2 is 0.591 bits per heavy atom. The number of carbonyl (C=O) groups is 3. The van der Waals surface area contributed by atoms with Crippen LogP contribution in [0.3, 0.4) is 0 Å². The van der Waals surface area contributed by atoms with Crippen molar-refractivity contribution in [3.63, 3.8) is 0 Å². The van der Waals surface area contributed by atoms with E-state index < -0.39 is 6.10 Å². The Hall–Kier alpha value is -4.45. The SMILES string of the molecule is CC/C=C\C/C=C\C/C=C\C/C=C\C/C=C\C/C=C\C/C=C\CCCCCCCC(=O)OCC(COC(=O)CCCCCCCC)OC(=O)CCCC/C=C\C/C=C\C/C=C\C/C=C\CC. The van der Waals surface area contributed by atoms with Crippen LogP contribution < -0.4 is 0 Å². The van der Waals surface area contributed by atoms with Gasteiger partial charge in [0, 0.05) is 19.3 Å². The van der Waals surface area contributed by atoms with E-state index >= 15 is 0 Å². The molecule has 0 aromatic carbocycles. The third-order valence-electron chi connectivity index (χ3n) is 10.4. The second kappa shape index (κ2) is 53.2. The first-order chi connectivity index (χ1) is 32.5. The van der Waals surface area contributed by atoms with Crippen LogP contribution in [0.5, 0.6) is 0 Å². The molecule has 0 saturated heterocycles. The van der Waals surface area contributed by atoms with Crippen LogP contribution in [0.2, 0.25) is 0 Å². The van der Waals surface area contributed by atoms with Crippen molar-refractivity contribution in [1.29, 1.82) is 0 Å². The molecule has 66 heavy (non-hydrogen) atoms. The van der Waals surface area contributed by atoms with Gasteiger partial charge in [-0.3, -0.25) is 14.4 Å². The summed E-state index contributed by atoms with van der Waals surface area (Å²) in [6.07, 6.45) is 74.7. The number of ether oxygens (including phenoxy) is 3. The van der Waals surface area contributed by atoms with Crippen molar-refractivity contribution >= 4 is 17.9 Å². The maximum atomic E-state index is 12.7. The Bertz CT molecular complexity index is 1460. The summed E-state index contributed by atoms with van der Waals surface area (Å²) in [5.74, 6) is -0.988. The molecule has 0 aliphatic rings. The highest BCUT2D eigenvalue weighted by atomic mass is 16.6. The van der Waals surface area contributed by atoms with Crippen LogP contribution in [0.4, 0.5) is 0 Å². The predicted molar refractivity (Wildman–Crippen MR) is 283 cm³/mol. The number of hydrogen-bond acceptors (Lipinski definition) is 6. The molecule has 0 fully saturated rings. The third kappa shape index (κ3) is 50.5. The fraction of sp³-hybridized carbons (Fsp3) is 0.583.